The molecule has 0 aliphatic carbocycles. The molecule has 2 N–H and O–H groups in total. The predicted molar refractivity (Wildman–Crippen MR) is 77.9 cm³/mol. The maximum Gasteiger partial charge on any atom is 0.242 e. The molecule has 0 radical (unpaired) electrons. The third-order valence-electron chi connectivity index (χ3n) is 3.34. The van der Waals surface area contributed by atoms with E-state index in [1.54, 1.807) is 7.11 Å². The molecule has 1 aromatic rings. The van der Waals surface area contributed by atoms with Crippen molar-refractivity contribution in [2.45, 2.75) is 18.9 Å². The number of carbonyl (C=O) groups is 1. The van der Waals surface area contributed by atoms with E-state index in [9.17, 15) is 4.79 Å². The van der Waals surface area contributed by atoms with Crippen molar-refractivity contribution in [2.75, 3.05) is 38.8 Å². The van der Waals surface area contributed by atoms with Crippen LogP contribution in [0.3, 0.4) is 0 Å². The van der Waals surface area contributed by atoms with Crippen LogP contribution in [0, 0.1) is 0 Å². The van der Waals surface area contributed by atoms with Crippen molar-refractivity contribution in [3.63, 3.8) is 0 Å². The molecule has 1 aromatic carbocycles. The van der Waals surface area contributed by atoms with Crippen LogP contribution in [0.1, 0.15) is 12.0 Å². The molecule has 110 valence electrons. The molecule has 1 amide bonds. The Kier molecular flexibility index (Phi) is 5.83. The summed E-state index contributed by atoms with van der Waals surface area (Å²) in [4.78, 5) is 12.0. The molecule has 0 saturated carbocycles. The lowest BCUT2D eigenvalue weighted by molar-refractivity contribution is -0.122. The molecular weight excluding hydrogens is 256 g/mol. The van der Waals surface area contributed by atoms with Crippen molar-refractivity contribution < 1.29 is 14.3 Å². The first-order valence-electron chi connectivity index (χ1n) is 7.00. The van der Waals surface area contributed by atoms with E-state index in [0.29, 0.717) is 26.4 Å². The number of anilines is 1. The second-order valence-electron chi connectivity index (χ2n) is 4.79. The molecule has 1 aliphatic rings. The number of aryl methyl sites for hydroxylation is 1. The molecule has 1 heterocycles. The molecule has 0 spiro atoms. The zero-order valence-electron chi connectivity index (χ0n) is 11.9. The van der Waals surface area contributed by atoms with Crippen LogP contribution in [-0.2, 0) is 20.7 Å². The molecule has 0 aromatic heterocycles. The van der Waals surface area contributed by atoms with Gasteiger partial charge in [-0.3, -0.25) is 4.79 Å². The van der Waals surface area contributed by atoms with Gasteiger partial charge in [0.15, 0.2) is 0 Å². The number of fused-ring (bicyclic) bond motifs is 1. The van der Waals surface area contributed by atoms with Crippen molar-refractivity contribution in [1.82, 2.24) is 5.32 Å². The average molecular weight is 278 g/mol. The highest BCUT2D eigenvalue weighted by Gasteiger charge is 2.22. The Morgan fingerprint density at radius 1 is 1.35 bits per heavy atom. The molecule has 1 aliphatic heterocycles. The molecule has 0 saturated heterocycles. The van der Waals surface area contributed by atoms with Gasteiger partial charge in [0.05, 0.1) is 19.8 Å². The van der Waals surface area contributed by atoms with Gasteiger partial charge in [-0.05, 0) is 24.5 Å². The highest BCUT2D eigenvalue weighted by atomic mass is 16.5. The van der Waals surface area contributed by atoms with Crippen LogP contribution < -0.4 is 10.6 Å². The summed E-state index contributed by atoms with van der Waals surface area (Å²) in [6.45, 7) is 2.18. The third kappa shape index (κ3) is 4.21. The quantitative estimate of drug-likeness (QED) is 0.736. The second kappa shape index (κ2) is 7.87. The van der Waals surface area contributed by atoms with E-state index >= 15 is 0 Å². The lowest BCUT2D eigenvalue weighted by Crippen LogP contribution is -2.42. The topological polar surface area (TPSA) is 59.6 Å². The summed E-state index contributed by atoms with van der Waals surface area (Å²) in [5.74, 6) is 0.0369. The fraction of sp³-hybridized carbons (Fsp3) is 0.533. The number of rotatable bonds is 7. The minimum Gasteiger partial charge on any atom is -0.382 e. The Labute approximate surface area is 119 Å². The van der Waals surface area contributed by atoms with E-state index in [0.717, 1.165) is 18.5 Å². The summed E-state index contributed by atoms with van der Waals surface area (Å²) in [5.41, 5.74) is 2.34. The molecule has 1 unspecified atom stereocenters. The van der Waals surface area contributed by atoms with E-state index in [2.05, 4.69) is 16.7 Å². The van der Waals surface area contributed by atoms with Gasteiger partial charge in [0.1, 0.15) is 6.04 Å². The van der Waals surface area contributed by atoms with Crippen LogP contribution >= 0.6 is 0 Å². The van der Waals surface area contributed by atoms with Crippen molar-refractivity contribution >= 4 is 11.6 Å². The largest absolute Gasteiger partial charge is 0.382 e. The van der Waals surface area contributed by atoms with Gasteiger partial charge in [0.25, 0.3) is 0 Å². The van der Waals surface area contributed by atoms with Crippen LogP contribution in [0.25, 0.3) is 0 Å². The molecule has 1 atom stereocenters. The van der Waals surface area contributed by atoms with E-state index in [1.165, 1.54) is 5.56 Å². The van der Waals surface area contributed by atoms with Gasteiger partial charge in [0.2, 0.25) is 5.91 Å². The third-order valence-corrected chi connectivity index (χ3v) is 3.34. The number of methoxy groups -OCH3 is 1. The number of carbonyl (C=O) groups excluding carboxylic acids is 1. The minimum absolute atomic E-state index is 0.0369. The van der Waals surface area contributed by atoms with Crippen molar-refractivity contribution in [3.8, 4) is 0 Å². The normalized spacial score (nSPS) is 17.1. The maximum absolute atomic E-state index is 12.0. The predicted octanol–water partition coefficient (Wildman–Crippen LogP) is 1.19. The maximum atomic E-state index is 12.0. The van der Waals surface area contributed by atoms with Crippen molar-refractivity contribution in [2.24, 2.45) is 0 Å². The van der Waals surface area contributed by atoms with Crippen LogP contribution in [0.5, 0.6) is 0 Å². The molecule has 20 heavy (non-hydrogen) atoms. The molecule has 5 heteroatoms. The van der Waals surface area contributed by atoms with E-state index in [1.807, 2.05) is 18.2 Å². The number of hydrogen-bond acceptors (Lipinski definition) is 4. The number of amides is 1. The summed E-state index contributed by atoms with van der Waals surface area (Å²) in [7, 11) is 1.64. The Bertz CT molecular complexity index is 437. The van der Waals surface area contributed by atoms with Gasteiger partial charge in [0, 0.05) is 19.3 Å². The minimum atomic E-state index is -0.149. The summed E-state index contributed by atoms with van der Waals surface area (Å²) in [6.07, 6.45) is 1.76. The number of hydrogen-bond donors (Lipinski definition) is 2. The fourth-order valence-electron chi connectivity index (χ4n) is 2.25. The van der Waals surface area contributed by atoms with Crippen LogP contribution in [0.15, 0.2) is 24.3 Å². The first kappa shape index (κ1) is 14.8. The molecule has 5 nitrogen and oxygen atoms in total. The zero-order chi connectivity index (χ0) is 14.2. The summed E-state index contributed by atoms with van der Waals surface area (Å²) in [5, 5.41) is 6.18. The van der Waals surface area contributed by atoms with Gasteiger partial charge in [-0.2, -0.15) is 0 Å². The lowest BCUT2D eigenvalue weighted by atomic mass is 9.98. The summed E-state index contributed by atoms with van der Waals surface area (Å²) < 4.78 is 10.2. The Morgan fingerprint density at radius 2 is 2.20 bits per heavy atom. The lowest BCUT2D eigenvalue weighted by Gasteiger charge is -2.26. The zero-order valence-corrected chi connectivity index (χ0v) is 11.9. The SMILES string of the molecule is COCCOCCNC(=O)C1CCc2ccccc2N1. The number of nitrogens with one attached hydrogen (secondary N) is 2. The van der Waals surface area contributed by atoms with Gasteiger partial charge < -0.3 is 20.1 Å². The van der Waals surface area contributed by atoms with Gasteiger partial charge in [-0.25, -0.2) is 0 Å². The Balaban J connectivity index is 1.69. The monoisotopic (exact) mass is 278 g/mol. The molecule has 2 rings (SSSR count). The van der Waals surface area contributed by atoms with Crippen molar-refractivity contribution in [1.29, 1.82) is 0 Å². The van der Waals surface area contributed by atoms with Gasteiger partial charge >= 0.3 is 0 Å². The van der Waals surface area contributed by atoms with E-state index in [-0.39, 0.29) is 11.9 Å². The first-order valence-corrected chi connectivity index (χ1v) is 7.00. The number of ether oxygens (including phenoxy) is 2. The Hall–Kier alpha value is -1.59. The van der Waals surface area contributed by atoms with Crippen LogP contribution in [-0.4, -0.2) is 45.4 Å². The smallest absolute Gasteiger partial charge is 0.242 e. The highest BCUT2D eigenvalue weighted by Crippen LogP contribution is 2.24. The van der Waals surface area contributed by atoms with Crippen molar-refractivity contribution in [3.05, 3.63) is 29.8 Å². The Morgan fingerprint density at radius 3 is 3.05 bits per heavy atom. The molecule has 0 fully saturated rings. The number of benzene rings is 1. The molecular formula is C15H22N2O3. The van der Waals surface area contributed by atoms with Crippen LogP contribution in [0.2, 0.25) is 0 Å². The standard InChI is InChI=1S/C15H22N2O3/c1-19-10-11-20-9-8-16-15(18)14-7-6-12-4-2-3-5-13(12)17-14/h2-5,14,17H,6-11H2,1H3,(H,16,18). The van der Waals surface area contributed by atoms with Crippen LogP contribution in [0.4, 0.5) is 5.69 Å². The second-order valence-corrected chi connectivity index (χ2v) is 4.79. The first-order chi connectivity index (χ1) is 9.81. The van der Waals surface area contributed by atoms with Gasteiger partial charge in [-0.15, -0.1) is 0 Å². The number of para-hydroxylation sites is 1. The van der Waals surface area contributed by atoms with E-state index in [4.69, 9.17) is 9.47 Å². The summed E-state index contributed by atoms with van der Waals surface area (Å²) in [6, 6.07) is 7.97. The molecule has 0 bridgehead atoms. The average Bonchev–Trinajstić information content (AvgIpc) is 2.50. The van der Waals surface area contributed by atoms with Gasteiger partial charge in [-0.1, -0.05) is 18.2 Å². The summed E-state index contributed by atoms with van der Waals surface area (Å²) >= 11 is 0. The van der Waals surface area contributed by atoms with E-state index < -0.39 is 0 Å². The highest BCUT2D eigenvalue weighted by molar-refractivity contribution is 5.85. The fourth-order valence-corrected chi connectivity index (χ4v) is 2.25.